The van der Waals surface area contributed by atoms with Gasteiger partial charge in [0.2, 0.25) is 0 Å². The first-order chi connectivity index (χ1) is 9.67. The monoisotopic (exact) mass is 272 g/mol. The zero-order valence-corrected chi connectivity index (χ0v) is 12.1. The lowest BCUT2D eigenvalue weighted by Gasteiger charge is -2.14. The third kappa shape index (κ3) is 2.85. The summed E-state index contributed by atoms with van der Waals surface area (Å²) in [5.41, 5.74) is 9.01. The molecule has 4 nitrogen and oxygen atoms in total. The van der Waals surface area contributed by atoms with Gasteiger partial charge < -0.3 is 15.2 Å². The van der Waals surface area contributed by atoms with E-state index in [1.54, 1.807) is 6.20 Å². The zero-order chi connectivity index (χ0) is 14.5. The van der Waals surface area contributed by atoms with Crippen molar-refractivity contribution >= 4 is 5.82 Å². The molecule has 1 heterocycles. The van der Waals surface area contributed by atoms with E-state index in [0.717, 1.165) is 28.2 Å². The van der Waals surface area contributed by atoms with Crippen molar-refractivity contribution in [3.63, 3.8) is 0 Å². The summed E-state index contributed by atoms with van der Waals surface area (Å²) in [6, 6.07) is 7.79. The van der Waals surface area contributed by atoms with Gasteiger partial charge in [-0.15, -0.1) is 0 Å². The van der Waals surface area contributed by atoms with E-state index in [0.29, 0.717) is 19.0 Å². The van der Waals surface area contributed by atoms with Crippen LogP contribution < -0.4 is 15.2 Å². The average Bonchev–Trinajstić information content (AvgIpc) is 2.42. The van der Waals surface area contributed by atoms with Crippen LogP contribution in [0.25, 0.3) is 11.1 Å². The summed E-state index contributed by atoms with van der Waals surface area (Å²) in [6.45, 7) is 7.11. The fourth-order valence-corrected chi connectivity index (χ4v) is 2.16. The number of hydrogen-bond acceptors (Lipinski definition) is 4. The number of anilines is 1. The fourth-order valence-electron chi connectivity index (χ4n) is 2.16. The number of nitrogens with two attached hydrogens (primary N) is 1. The van der Waals surface area contributed by atoms with Crippen LogP contribution in [0.5, 0.6) is 11.5 Å². The normalized spacial score (nSPS) is 10.3. The summed E-state index contributed by atoms with van der Waals surface area (Å²) in [6.07, 6.45) is 1.71. The maximum atomic E-state index is 5.99. The number of benzene rings is 1. The van der Waals surface area contributed by atoms with E-state index in [1.807, 2.05) is 45.0 Å². The van der Waals surface area contributed by atoms with Gasteiger partial charge in [-0.05, 0) is 50.1 Å². The Kier molecular flexibility index (Phi) is 4.45. The van der Waals surface area contributed by atoms with Crippen molar-refractivity contribution in [1.29, 1.82) is 0 Å². The third-order valence-corrected chi connectivity index (χ3v) is 3.02. The number of nitrogen functional groups attached to an aromatic ring is 1. The Morgan fingerprint density at radius 2 is 1.75 bits per heavy atom. The fraction of sp³-hybridized carbons (Fsp3) is 0.312. The molecule has 0 fully saturated rings. The first-order valence-corrected chi connectivity index (χ1v) is 6.78. The van der Waals surface area contributed by atoms with Crippen molar-refractivity contribution in [3.05, 3.63) is 36.0 Å². The van der Waals surface area contributed by atoms with Crippen molar-refractivity contribution in [1.82, 2.24) is 4.98 Å². The predicted octanol–water partition coefficient (Wildman–Crippen LogP) is 3.44. The SMILES string of the molecule is CCOc1ccc(-c2c(C)ccnc2N)cc1OCC. The Balaban J connectivity index is 2.50. The standard InChI is InChI=1S/C16H20N2O2/c1-4-19-13-7-6-12(10-14(13)20-5-2)15-11(3)8-9-18-16(15)17/h6-10H,4-5H2,1-3H3,(H2,17,18). The van der Waals surface area contributed by atoms with Gasteiger partial charge in [0, 0.05) is 11.8 Å². The number of nitrogens with zero attached hydrogens (tertiary/aromatic N) is 1. The van der Waals surface area contributed by atoms with E-state index in [1.165, 1.54) is 0 Å². The van der Waals surface area contributed by atoms with E-state index in [-0.39, 0.29) is 0 Å². The Hall–Kier alpha value is -2.23. The molecule has 0 amide bonds. The van der Waals surface area contributed by atoms with Crippen LogP contribution in [0.2, 0.25) is 0 Å². The summed E-state index contributed by atoms with van der Waals surface area (Å²) in [4.78, 5) is 4.16. The van der Waals surface area contributed by atoms with Crippen LogP contribution in [0.4, 0.5) is 5.82 Å². The molecule has 4 heteroatoms. The molecule has 0 spiro atoms. The first-order valence-electron chi connectivity index (χ1n) is 6.78. The molecule has 0 unspecified atom stereocenters. The van der Waals surface area contributed by atoms with E-state index < -0.39 is 0 Å². The van der Waals surface area contributed by atoms with Crippen molar-refractivity contribution < 1.29 is 9.47 Å². The van der Waals surface area contributed by atoms with Crippen LogP contribution in [0.3, 0.4) is 0 Å². The molecule has 0 aliphatic heterocycles. The third-order valence-electron chi connectivity index (χ3n) is 3.02. The molecular formula is C16H20N2O2. The van der Waals surface area contributed by atoms with Gasteiger partial charge in [0.05, 0.1) is 13.2 Å². The molecule has 0 aliphatic rings. The quantitative estimate of drug-likeness (QED) is 0.905. The van der Waals surface area contributed by atoms with Gasteiger partial charge in [0.15, 0.2) is 11.5 Å². The molecule has 1 aromatic heterocycles. The smallest absolute Gasteiger partial charge is 0.161 e. The number of aromatic nitrogens is 1. The number of hydrogen-bond donors (Lipinski definition) is 1. The minimum Gasteiger partial charge on any atom is -0.490 e. The van der Waals surface area contributed by atoms with Gasteiger partial charge in [-0.3, -0.25) is 0 Å². The Morgan fingerprint density at radius 3 is 2.40 bits per heavy atom. The second-order valence-electron chi connectivity index (χ2n) is 4.42. The molecule has 1 aromatic carbocycles. The summed E-state index contributed by atoms with van der Waals surface area (Å²) >= 11 is 0. The zero-order valence-electron chi connectivity index (χ0n) is 12.1. The van der Waals surface area contributed by atoms with E-state index >= 15 is 0 Å². The second-order valence-corrected chi connectivity index (χ2v) is 4.42. The van der Waals surface area contributed by atoms with Gasteiger partial charge >= 0.3 is 0 Å². The minimum atomic E-state index is 0.525. The Morgan fingerprint density at radius 1 is 1.05 bits per heavy atom. The van der Waals surface area contributed by atoms with E-state index in [4.69, 9.17) is 15.2 Å². The number of ether oxygens (including phenoxy) is 2. The summed E-state index contributed by atoms with van der Waals surface area (Å²) in [7, 11) is 0. The van der Waals surface area contributed by atoms with E-state index in [9.17, 15) is 0 Å². The van der Waals surface area contributed by atoms with E-state index in [2.05, 4.69) is 4.98 Å². The highest BCUT2D eigenvalue weighted by Gasteiger charge is 2.11. The molecule has 0 bridgehead atoms. The Labute approximate surface area is 119 Å². The van der Waals surface area contributed by atoms with Crippen molar-refractivity contribution in [2.75, 3.05) is 18.9 Å². The van der Waals surface area contributed by atoms with Gasteiger partial charge in [-0.2, -0.15) is 0 Å². The minimum absolute atomic E-state index is 0.525. The molecule has 0 atom stereocenters. The average molecular weight is 272 g/mol. The maximum Gasteiger partial charge on any atom is 0.161 e. The van der Waals surface area contributed by atoms with Gasteiger partial charge in [0.25, 0.3) is 0 Å². The topological polar surface area (TPSA) is 57.4 Å². The molecule has 2 rings (SSSR count). The van der Waals surface area contributed by atoms with Crippen LogP contribution in [0.1, 0.15) is 19.4 Å². The van der Waals surface area contributed by atoms with Crippen molar-refractivity contribution in [2.45, 2.75) is 20.8 Å². The molecule has 0 radical (unpaired) electrons. The van der Waals surface area contributed by atoms with Gasteiger partial charge in [-0.25, -0.2) is 4.98 Å². The Bertz CT molecular complexity index is 577. The molecule has 20 heavy (non-hydrogen) atoms. The molecule has 2 N–H and O–H groups in total. The maximum absolute atomic E-state index is 5.99. The molecular weight excluding hydrogens is 252 g/mol. The van der Waals surface area contributed by atoms with Crippen LogP contribution in [0.15, 0.2) is 30.5 Å². The predicted molar refractivity (Wildman–Crippen MR) is 81.2 cm³/mol. The van der Waals surface area contributed by atoms with Crippen molar-refractivity contribution in [3.8, 4) is 22.6 Å². The van der Waals surface area contributed by atoms with Crippen molar-refractivity contribution in [2.24, 2.45) is 0 Å². The summed E-state index contributed by atoms with van der Waals surface area (Å²) in [5, 5.41) is 0. The number of rotatable bonds is 5. The highest BCUT2D eigenvalue weighted by Crippen LogP contribution is 2.35. The number of aryl methyl sites for hydroxylation is 1. The molecule has 106 valence electrons. The molecule has 0 aliphatic carbocycles. The number of pyridine rings is 1. The van der Waals surface area contributed by atoms with Gasteiger partial charge in [-0.1, -0.05) is 6.07 Å². The molecule has 0 saturated carbocycles. The van der Waals surface area contributed by atoms with Crippen LogP contribution in [0, 0.1) is 6.92 Å². The summed E-state index contributed by atoms with van der Waals surface area (Å²) < 4.78 is 11.2. The molecule has 2 aromatic rings. The lowest BCUT2D eigenvalue weighted by atomic mass is 10.0. The summed E-state index contributed by atoms with van der Waals surface area (Å²) in [5.74, 6) is 2.00. The highest BCUT2D eigenvalue weighted by atomic mass is 16.5. The van der Waals surface area contributed by atoms with Crippen LogP contribution >= 0.6 is 0 Å². The first kappa shape index (κ1) is 14.2. The van der Waals surface area contributed by atoms with Gasteiger partial charge in [0.1, 0.15) is 5.82 Å². The highest BCUT2D eigenvalue weighted by molar-refractivity contribution is 5.78. The lowest BCUT2D eigenvalue weighted by molar-refractivity contribution is 0.288. The largest absolute Gasteiger partial charge is 0.490 e. The molecule has 0 saturated heterocycles. The van der Waals surface area contributed by atoms with Crippen LogP contribution in [-0.2, 0) is 0 Å². The lowest BCUT2D eigenvalue weighted by Crippen LogP contribution is -2.00. The van der Waals surface area contributed by atoms with Crippen LogP contribution in [-0.4, -0.2) is 18.2 Å². The second kappa shape index (κ2) is 6.28.